The van der Waals surface area contributed by atoms with E-state index in [2.05, 4.69) is 0 Å². The Kier molecular flexibility index (Phi) is 2.72. The third kappa shape index (κ3) is 1.82. The Morgan fingerprint density at radius 2 is 2.00 bits per heavy atom. The van der Waals surface area contributed by atoms with Crippen molar-refractivity contribution in [1.82, 2.24) is 0 Å². The molecule has 1 rings (SSSR count). The average molecular weight is 198 g/mol. The normalized spacial score (nSPS) is 9.50. The van der Waals surface area contributed by atoms with Crippen LogP contribution >= 0.6 is 0 Å². The highest BCUT2D eigenvalue weighted by atomic mass is 19.2. The third-order valence-electron chi connectivity index (χ3n) is 1.59. The van der Waals surface area contributed by atoms with Gasteiger partial charge >= 0.3 is 0 Å². The van der Waals surface area contributed by atoms with Crippen molar-refractivity contribution in [2.45, 2.75) is 6.42 Å². The Bertz CT molecular complexity index is 426. The molecule has 0 aromatic heterocycles. The SMILES string of the molecule is N#CCc1cc(F)c(F)cc1[N+](=O)[O-]. The summed E-state index contributed by atoms with van der Waals surface area (Å²) in [7, 11) is 0. The van der Waals surface area contributed by atoms with Crippen LogP contribution in [0.1, 0.15) is 5.56 Å². The fourth-order valence-corrected chi connectivity index (χ4v) is 0.974. The molecule has 0 saturated heterocycles. The minimum atomic E-state index is -1.29. The lowest BCUT2D eigenvalue weighted by molar-refractivity contribution is -0.385. The maximum absolute atomic E-state index is 12.6. The van der Waals surface area contributed by atoms with Crippen LogP contribution in [-0.2, 0) is 6.42 Å². The number of benzene rings is 1. The number of hydrogen-bond acceptors (Lipinski definition) is 3. The maximum atomic E-state index is 12.6. The first kappa shape index (κ1) is 10.1. The Morgan fingerprint density at radius 1 is 1.43 bits per heavy atom. The van der Waals surface area contributed by atoms with Gasteiger partial charge in [-0.05, 0) is 6.07 Å². The van der Waals surface area contributed by atoms with Crippen molar-refractivity contribution in [3.63, 3.8) is 0 Å². The van der Waals surface area contributed by atoms with Crippen molar-refractivity contribution >= 4 is 5.69 Å². The van der Waals surface area contributed by atoms with E-state index in [0.29, 0.717) is 12.1 Å². The van der Waals surface area contributed by atoms with Crippen LogP contribution in [0.3, 0.4) is 0 Å². The molecule has 0 radical (unpaired) electrons. The summed E-state index contributed by atoms with van der Waals surface area (Å²) in [4.78, 5) is 9.52. The molecule has 0 aliphatic rings. The summed E-state index contributed by atoms with van der Waals surface area (Å²) in [6.07, 6.45) is -0.326. The van der Waals surface area contributed by atoms with E-state index < -0.39 is 22.2 Å². The van der Waals surface area contributed by atoms with Crippen molar-refractivity contribution < 1.29 is 13.7 Å². The van der Waals surface area contributed by atoms with Gasteiger partial charge in [0.2, 0.25) is 0 Å². The summed E-state index contributed by atoms with van der Waals surface area (Å²) in [5.74, 6) is -2.49. The molecular weight excluding hydrogens is 194 g/mol. The van der Waals surface area contributed by atoms with Crippen molar-refractivity contribution in [2.75, 3.05) is 0 Å². The maximum Gasteiger partial charge on any atom is 0.276 e. The zero-order valence-electron chi connectivity index (χ0n) is 6.83. The van der Waals surface area contributed by atoms with Crippen molar-refractivity contribution in [1.29, 1.82) is 5.26 Å². The molecule has 0 aliphatic carbocycles. The highest BCUT2D eigenvalue weighted by Crippen LogP contribution is 2.22. The molecule has 72 valence electrons. The van der Waals surface area contributed by atoms with Crippen LogP contribution in [0.15, 0.2) is 12.1 Å². The van der Waals surface area contributed by atoms with Gasteiger partial charge in [-0.2, -0.15) is 5.26 Å². The van der Waals surface area contributed by atoms with Gasteiger partial charge in [0.15, 0.2) is 11.6 Å². The first-order chi connectivity index (χ1) is 6.56. The van der Waals surface area contributed by atoms with Gasteiger partial charge in [0, 0.05) is 5.56 Å². The number of nitrogens with zero attached hydrogens (tertiary/aromatic N) is 2. The van der Waals surface area contributed by atoms with Gasteiger partial charge in [0.05, 0.1) is 23.5 Å². The second-order valence-corrected chi connectivity index (χ2v) is 2.49. The van der Waals surface area contributed by atoms with E-state index in [0.717, 1.165) is 0 Å². The predicted octanol–water partition coefficient (Wildman–Crippen LogP) is 1.94. The summed E-state index contributed by atoms with van der Waals surface area (Å²) in [6, 6.07) is 2.77. The first-order valence-corrected chi connectivity index (χ1v) is 3.55. The van der Waals surface area contributed by atoms with E-state index in [9.17, 15) is 18.9 Å². The van der Waals surface area contributed by atoms with Gasteiger partial charge in [-0.25, -0.2) is 8.78 Å². The number of nitro groups is 1. The minimum absolute atomic E-state index is 0.128. The summed E-state index contributed by atoms with van der Waals surface area (Å²) >= 11 is 0. The van der Waals surface area contributed by atoms with Crippen LogP contribution in [0.2, 0.25) is 0 Å². The van der Waals surface area contributed by atoms with Gasteiger partial charge in [-0.3, -0.25) is 10.1 Å². The molecule has 0 bridgehead atoms. The third-order valence-corrected chi connectivity index (χ3v) is 1.59. The molecule has 1 aromatic rings. The molecule has 0 spiro atoms. The highest BCUT2D eigenvalue weighted by Gasteiger charge is 2.17. The van der Waals surface area contributed by atoms with E-state index in [-0.39, 0.29) is 12.0 Å². The zero-order valence-corrected chi connectivity index (χ0v) is 6.83. The average Bonchev–Trinajstić information content (AvgIpc) is 2.11. The van der Waals surface area contributed by atoms with Crippen LogP contribution < -0.4 is 0 Å². The van der Waals surface area contributed by atoms with Gasteiger partial charge in [0.1, 0.15) is 0 Å². The topological polar surface area (TPSA) is 66.9 Å². The second kappa shape index (κ2) is 3.79. The standard InChI is InChI=1S/C8H4F2N2O2/c9-6-3-5(1-2-11)8(12(13)14)4-7(6)10/h3-4H,1H2. The molecule has 0 aliphatic heterocycles. The first-order valence-electron chi connectivity index (χ1n) is 3.55. The number of nitro benzene ring substituents is 1. The summed E-state index contributed by atoms with van der Waals surface area (Å²) in [5.41, 5.74) is -0.707. The lowest BCUT2D eigenvalue weighted by Gasteiger charge is -1.99. The molecule has 0 heterocycles. The molecule has 1 aromatic carbocycles. The molecule has 0 fully saturated rings. The molecule has 0 saturated carbocycles. The van der Waals surface area contributed by atoms with E-state index in [1.54, 1.807) is 6.07 Å². The monoisotopic (exact) mass is 198 g/mol. The summed E-state index contributed by atoms with van der Waals surface area (Å²) in [5, 5.41) is 18.7. The highest BCUT2D eigenvalue weighted by molar-refractivity contribution is 5.42. The van der Waals surface area contributed by atoms with Crippen LogP contribution in [0.25, 0.3) is 0 Å². The van der Waals surface area contributed by atoms with E-state index in [1.165, 1.54) is 0 Å². The lowest BCUT2D eigenvalue weighted by atomic mass is 10.1. The molecule has 0 amide bonds. The van der Waals surface area contributed by atoms with E-state index in [1.807, 2.05) is 0 Å². The summed E-state index contributed by atoms with van der Waals surface area (Å²) in [6.45, 7) is 0. The number of halogens is 2. The second-order valence-electron chi connectivity index (χ2n) is 2.49. The van der Waals surface area contributed by atoms with E-state index in [4.69, 9.17) is 5.26 Å². The number of rotatable bonds is 2. The van der Waals surface area contributed by atoms with Gasteiger partial charge < -0.3 is 0 Å². The fourth-order valence-electron chi connectivity index (χ4n) is 0.974. The molecule has 0 N–H and O–H groups in total. The Morgan fingerprint density at radius 3 is 2.50 bits per heavy atom. The molecule has 6 heteroatoms. The van der Waals surface area contributed by atoms with Gasteiger partial charge in [-0.1, -0.05) is 0 Å². The number of nitriles is 1. The quantitative estimate of drug-likeness (QED) is 0.538. The minimum Gasteiger partial charge on any atom is -0.258 e. The molecule has 0 unspecified atom stereocenters. The molecule has 14 heavy (non-hydrogen) atoms. The van der Waals surface area contributed by atoms with Crippen LogP contribution in [0, 0.1) is 33.1 Å². The fraction of sp³-hybridized carbons (Fsp3) is 0.125. The lowest BCUT2D eigenvalue weighted by Crippen LogP contribution is -1.98. The van der Waals surface area contributed by atoms with Gasteiger partial charge in [-0.15, -0.1) is 0 Å². The van der Waals surface area contributed by atoms with E-state index >= 15 is 0 Å². The van der Waals surface area contributed by atoms with Crippen molar-refractivity contribution in [3.05, 3.63) is 39.4 Å². The Hall–Kier alpha value is -2.03. The Balaban J connectivity index is 3.32. The van der Waals surface area contributed by atoms with Gasteiger partial charge in [0.25, 0.3) is 5.69 Å². The summed E-state index contributed by atoms with van der Waals surface area (Å²) < 4.78 is 25.2. The zero-order chi connectivity index (χ0) is 10.7. The van der Waals surface area contributed by atoms with Crippen LogP contribution in [0.4, 0.5) is 14.5 Å². The largest absolute Gasteiger partial charge is 0.276 e. The smallest absolute Gasteiger partial charge is 0.258 e. The predicted molar refractivity (Wildman–Crippen MR) is 42.3 cm³/mol. The molecule has 4 nitrogen and oxygen atoms in total. The van der Waals surface area contributed by atoms with Crippen LogP contribution in [0.5, 0.6) is 0 Å². The number of hydrogen-bond donors (Lipinski definition) is 0. The van der Waals surface area contributed by atoms with Crippen molar-refractivity contribution in [3.8, 4) is 6.07 Å². The Labute approximate surface area is 77.5 Å². The van der Waals surface area contributed by atoms with Crippen LogP contribution in [-0.4, -0.2) is 4.92 Å². The van der Waals surface area contributed by atoms with Crippen molar-refractivity contribution in [2.24, 2.45) is 0 Å². The molecule has 0 atom stereocenters. The molecular formula is C8H4F2N2O2.